The van der Waals surface area contributed by atoms with E-state index >= 15 is 0 Å². The van der Waals surface area contributed by atoms with Crippen LogP contribution >= 0.6 is 0 Å². The SMILES string of the molecule is C=CCOC(=O)CNC(=O)[C@H](Cc1ccc2ccccc2n1)NS(=O)(=O)c1ccc(C)cc1.CCC. The fourth-order valence-corrected chi connectivity index (χ4v) is 4.27. The standard InChI is InChI=1S/C24H25N3O5S.C3H8/c1-3-14-32-23(28)16-25-24(29)22(27-33(30,31)20-12-8-17(2)9-13-20)15-19-11-10-18-6-4-5-7-21(18)26-19;1-3-2/h3-13,22,27H,1,14-16H2,2H3,(H,25,29);3H2,1-2H3/t22-;/m0./s1. The van der Waals surface area contributed by atoms with Crippen molar-refractivity contribution in [2.24, 2.45) is 0 Å². The predicted molar refractivity (Wildman–Crippen MR) is 141 cm³/mol. The Morgan fingerprint density at radius 2 is 1.72 bits per heavy atom. The summed E-state index contributed by atoms with van der Waals surface area (Å²) in [4.78, 5) is 29.2. The van der Waals surface area contributed by atoms with Crippen LogP contribution in [0.2, 0.25) is 0 Å². The molecule has 1 amide bonds. The number of esters is 1. The molecule has 0 fully saturated rings. The van der Waals surface area contributed by atoms with Gasteiger partial charge in [-0.05, 0) is 31.2 Å². The van der Waals surface area contributed by atoms with Crippen molar-refractivity contribution in [2.45, 2.75) is 44.6 Å². The van der Waals surface area contributed by atoms with E-state index in [1.54, 1.807) is 18.2 Å². The van der Waals surface area contributed by atoms with Crippen molar-refractivity contribution in [3.8, 4) is 0 Å². The van der Waals surface area contributed by atoms with Crippen LogP contribution in [0.1, 0.15) is 31.5 Å². The monoisotopic (exact) mass is 511 g/mol. The van der Waals surface area contributed by atoms with E-state index in [9.17, 15) is 18.0 Å². The lowest BCUT2D eigenvalue weighted by atomic mass is 10.1. The highest BCUT2D eigenvalue weighted by Gasteiger charge is 2.27. The number of hydrogen-bond acceptors (Lipinski definition) is 6. The van der Waals surface area contributed by atoms with Crippen LogP contribution in [0.3, 0.4) is 0 Å². The van der Waals surface area contributed by atoms with Crippen LogP contribution in [0.15, 0.2) is 78.2 Å². The van der Waals surface area contributed by atoms with E-state index < -0.39 is 34.5 Å². The van der Waals surface area contributed by atoms with Crippen LogP contribution in [-0.4, -0.2) is 44.5 Å². The Kier molecular flexibility index (Phi) is 11.2. The van der Waals surface area contributed by atoms with E-state index in [2.05, 4.69) is 35.4 Å². The minimum atomic E-state index is -4.00. The second-order valence-corrected chi connectivity index (χ2v) is 9.80. The van der Waals surface area contributed by atoms with Gasteiger partial charge in [0.2, 0.25) is 15.9 Å². The molecule has 1 heterocycles. The van der Waals surface area contributed by atoms with Crippen LogP contribution in [-0.2, 0) is 30.8 Å². The molecule has 192 valence electrons. The van der Waals surface area contributed by atoms with Crippen LogP contribution in [0, 0.1) is 6.92 Å². The van der Waals surface area contributed by atoms with Crippen molar-refractivity contribution >= 4 is 32.8 Å². The number of benzene rings is 2. The molecule has 8 nitrogen and oxygen atoms in total. The first kappa shape index (κ1) is 28.7. The van der Waals surface area contributed by atoms with Gasteiger partial charge in [-0.1, -0.05) is 74.9 Å². The van der Waals surface area contributed by atoms with Gasteiger partial charge in [0.1, 0.15) is 19.2 Å². The number of hydrogen-bond donors (Lipinski definition) is 2. The molecule has 1 atom stereocenters. The molecule has 0 aliphatic rings. The Morgan fingerprint density at radius 3 is 2.39 bits per heavy atom. The number of sulfonamides is 1. The van der Waals surface area contributed by atoms with Gasteiger partial charge in [0.05, 0.1) is 10.4 Å². The Morgan fingerprint density at radius 1 is 1.06 bits per heavy atom. The van der Waals surface area contributed by atoms with Crippen LogP contribution < -0.4 is 10.0 Å². The number of rotatable bonds is 10. The Balaban J connectivity index is 0.00000145. The molecule has 1 aromatic heterocycles. The first-order valence-electron chi connectivity index (χ1n) is 11.7. The number of carbonyl (C=O) groups excluding carboxylic acids is 2. The predicted octanol–water partition coefficient (Wildman–Crippen LogP) is 3.69. The summed E-state index contributed by atoms with van der Waals surface area (Å²) in [5.74, 6) is -1.33. The molecule has 0 unspecified atom stereocenters. The van der Waals surface area contributed by atoms with Gasteiger partial charge in [-0.25, -0.2) is 8.42 Å². The lowest BCUT2D eigenvalue weighted by Crippen LogP contribution is -2.49. The van der Waals surface area contributed by atoms with Gasteiger partial charge in [-0.3, -0.25) is 14.6 Å². The maximum Gasteiger partial charge on any atom is 0.325 e. The first-order chi connectivity index (χ1) is 17.2. The summed E-state index contributed by atoms with van der Waals surface area (Å²) in [7, 11) is -4.00. The third-order valence-electron chi connectivity index (χ3n) is 4.78. The second kappa shape index (κ2) is 14.1. The highest BCUT2D eigenvalue weighted by Crippen LogP contribution is 2.15. The molecule has 36 heavy (non-hydrogen) atoms. The van der Waals surface area contributed by atoms with E-state index in [1.807, 2.05) is 37.3 Å². The van der Waals surface area contributed by atoms with Crippen molar-refractivity contribution in [3.63, 3.8) is 0 Å². The van der Waals surface area contributed by atoms with Gasteiger partial charge in [0.25, 0.3) is 0 Å². The quantitative estimate of drug-likeness (QED) is 0.317. The molecule has 0 saturated heterocycles. The number of ether oxygens (including phenoxy) is 1. The van der Waals surface area contributed by atoms with Gasteiger partial charge in [-0.2, -0.15) is 4.72 Å². The van der Waals surface area contributed by atoms with E-state index in [-0.39, 0.29) is 17.9 Å². The molecule has 0 aliphatic heterocycles. The Bertz CT molecular complexity index is 1270. The van der Waals surface area contributed by atoms with Crippen LogP contribution in [0.4, 0.5) is 0 Å². The molecule has 9 heteroatoms. The molecule has 0 spiro atoms. The number of aryl methyl sites for hydroxylation is 1. The summed E-state index contributed by atoms with van der Waals surface area (Å²) < 4.78 is 33.1. The molecule has 0 radical (unpaired) electrons. The molecule has 0 aliphatic carbocycles. The number of nitrogens with one attached hydrogen (secondary N) is 2. The molecular weight excluding hydrogens is 478 g/mol. The smallest absolute Gasteiger partial charge is 0.325 e. The number of para-hydroxylation sites is 1. The fourth-order valence-electron chi connectivity index (χ4n) is 3.08. The van der Waals surface area contributed by atoms with Crippen molar-refractivity contribution in [1.82, 2.24) is 15.0 Å². The average Bonchev–Trinajstić information content (AvgIpc) is 2.86. The summed E-state index contributed by atoms with van der Waals surface area (Å²) in [6.45, 7) is 9.16. The van der Waals surface area contributed by atoms with Crippen molar-refractivity contribution in [3.05, 3.63) is 84.6 Å². The molecule has 0 bridgehead atoms. The molecule has 3 aromatic rings. The number of aromatic nitrogens is 1. The Hall–Kier alpha value is -3.56. The third-order valence-corrected chi connectivity index (χ3v) is 6.27. The Labute approximate surface area is 212 Å². The maximum atomic E-state index is 12.9. The minimum absolute atomic E-state index is 0.0105. The molecule has 3 rings (SSSR count). The zero-order valence-electron chi connectivity index (χ0n) is 20.9. The molecule has 0 saturated carbocycles. The summed E-state index contributed by atoms with van der Waals surface area (Å²) in [6.07, 6.45) is 2.65. The summed E-state index contributed by atoms with van der Waals surface area (Å²) in [5.41, 5.74) is 2.15. The van der Waals surface area contributed by atoms with Crippen molar-refractivity contribution in [2.75, 3.05) is 13.2 Å². The van der Waals surface area contributed by atoms with E-state index in [0.29, 0.717) is 5.69 Å². The molecule has 2 aromatic carbocycles. The van der Waals surface area contributed by atoms with E-state index in [1.165, 1.54) is 24.6 Å². The molecule has 2 N–H and O–H groups in total. The number of amides is 1. The lowest BCUT2D eigenvalue weighted by Gasteiger charge is -2.18. The number of pyridine rings is 1. The fraction of sp³-hybridized carbons (Fsp3) is 0.296. The van der Waals surface area contributed by atoms with Crippen LogP contribution in [0.25, 0.3) is 10.9 Å². The molecular formula is C27H33N3O5S. The zero-order valence-corrected chi connectivity index (χ0v) is 21.7. The van der Waals surface area contributed by atoms with Gasteiger partial charge in [-0.15, -0.1) is 0 Å². The van der Waals surface area contributed by atoms with Crippen molar-refractivity contribution in [1.29, 1.82) is 0 Å². The minimum Gasteiger partial charge on any atom is -0.460 e. The maximum absolute atomic E-state index is 12.9. The third kappa shape index (κ3) is 8.90. The van der Waals surface area contributed by atoms with Crippen molar-refractivity contribution < 1.29 is 22.7 Å². The highest BCUT2D eigenvalue weighted by atomic mass is 32.2. The second-order valence-electron chi connectivity index (χ2n) is 8.08. The summed E-state index contributed by atoms with van der Waals surface area (Å²) in [6, 6.07) is 16.1. The van der Waals surface area contributed by atoms with Gasteiger partial charge in [0.15, 0.2) is 0 Å². The highest BCUT2D eigenvalue weighted by molar-refractivity contribution is 7.89. The largest absolute Gasteiger partial charge is 0.460 e. The average molecular weight is 512 g/mol. The van der Waals surface area contributed by atoms with E-state index in [0.717, 1.165) is 16.5 Å². The summed E-state index contributed by atoms with van der Waals surface area (Å²) in [5, 5.41) is 3.35. The zero-order chi connectivity index (χ0) is 26.6. The van der Waals surface area contributed by atoms with Gasteiger partial charge >= 0.3 is 5.97 Å². The van der Waals surface area contributed by atoms with E-state index in [4.69, 9.17) is 4.74 Å². The topological polar surface area (TPSA) is 114 Å². The van der Waals surface area contributed by atoms with Crippen LogP contribution in [0.5, 0.6) is 0 Å². The van der Waals surface area contributed by atoms with Gasteiger partial charge in [0, 0.05) is 17.5 Å². The normalized spacial score (nSPS) is 11.6. The van der Waals surface area contributed by atoms with Gasteiger partial charge < -0.3 is 10.1 Å². The summed E-state index contributed by atoms with van der Waals surface area (Å²) >= 11 is 0. The number of fused-ring (bicyclic) bond motifs is 1. The number of nitrogens with zero attached hydrogens (tertiary/aromatic N) is 1. The first-order valence-corrected chi connectivity index (χ1v) is 13.2. The lowest BCUT2D eigenvalue weighted by molar-refractivity contribution is -0.142. The number of carbonyl (C=O) groups is 2.